The largest absolute Gasteiger partial charge is 0.493 e. The SMILES string of the molecule is CC(C)OC(=O)CCC[C@H]1CC[C@@H]2[C@@H](C=CCCOc3ccccc3)[C@H](OC3CCCCO3)C[C@@H]2OC1. The van der Waals surface area contributed by atoms with E-state index in [-0.39, 0.29) is 30.6 Å². The zero-order valence-corrected chi connectivity index (χ0v) is 22.7. The Kier molecular flexibility index (Phi) is 11.3. The van der Waals surface area contributed by atoms with Crippen molar-refractivity contribution < 1.29 is 28.5 Å². The third kappa shape index (κ3) is 9.12. The van der Waals surface area contributed by atoms with Gasteiger partial charge >= 0.3 is 5.97 Å². The number of rotatable bonds is 12. The van der Waals surface area contributed by atoms with E-state index in [1.54, 1.807) is 0 Å². The molecule has 0 bridgehead atoms. The molecule has 0 N–H and O–H groups in total. The summed E-state index contributed by atoms with van der Waals surface area (Å²) in [6.07, 6.45) is 14.6. The Morgan fingerprint density at radius 3 is 2.76 bits per heavy atom. The van der Waals surface area contributed by atoms with Crippen LogP contribution in [0.3, 0.4) is 0 Å². The van der Waals surface area contributed by atoms with Gasteiger partial charge in [-0.15, -0.1) is 0 Å². The molecule has 1 aromatic rings. The summed E-state index contributed by atoms with van der Waals surface area (Å²) >= 11 is 0. The molecule has 2 aliphatic heterocycles. The molecule has 6 atom stereocenters. The number of carbonyl (C=O) groups is 1. The Hall–Kier alpha value is -1.89. The van der Waals surface area contributed by atoms with E-state index >= 15 is 0 Å². The minimum Gasteiger partial charge on any atom is -0.493 e. The van der Waals surface area contributed by atoms with Crippen LogP contribution in [-0.4, -0.2) is 50.4 Å². The van der Waals surface area contributed by atoms with Crippen LogP contribution in [0.1, 0.15) is 78.1 Å². The van der Waals surface area contributed by atoms with Crippen LogP contribution in [0.15, 0.2) is 42.5 Å². The standard InChI is InChI=1S/C31H46O6/c1-23(2)36-30(32)15-10-11-24-17-18-27-26(14-6-8-19-33-25-12-4-3-5-13-25)29(21-28(27)35-22-24)37-31-16-7-9-20-34-31/h3-6,12-14,23-24,26-29,31H,7-11,15-22H2,1-2H3/t24-,26+,27+,28-,29+,31?/m0/s1. The first kappa shape index (κ1) is 28.1. The van der Waals surface area contributed by atoms with Crippen molar-refractivity contribution in [2.45, 2.75) is 103 Å². The van der Waals surface area contributed by atoms with Gasteiger partial charge in [0.05, 0.1) is 24.9 Å². The Bertz CT molecular complexity index is 818. The van der Waals surface area contributed by atoms with Gasteiger partial charge < -0.3 is 23.7 Å². The summed E-state index contributed by atoms with van der Waals surface area (Å²) in [5.74, 6) is 2.10. The van der Waals surface area contributed by atoms with Crippen LogP contribution in [0.2, 0.25) is 0 Å². The van der Waals surface area contributed by atoms with Crippen molar-refractivity contribution in [3.8, 4) is 5.75 Å². The van der Waals surface area contributed by atoms with Crippen LogP contribution in [-0.2, 0) is 23.7 Å². The Balaban J connectivity index is 1.29. The molecule has 1 aromatic carbocycles. The topological polar surface area (TPSA) is 63.2 Å². The second kappa shape index (κ2) is 14.9. The molecule has 0 radical (unpaired) electrons. The summed E-state index contributed by atoms with van der Waals surface area (Å²) in [6, 6.07) is 9.98. The highest BCUT2D eigenvalue weighted by Gasteiger charge is 2.45. The number of benzene rings is 1. The van der Waals surface area contributed by atoms with E-state index < -0.39 is 0 Å². The molecule has 206 valence electrons. The number of ether oxygens (including phenoxy) is 5. The Labute approximate surface area is 223 Å². The van der Waals surface area contributed by atoms with Crippen molar-refractivity contribution in [1.82, 2.24) is 0 Å². The van der Waals surface area contributed by atoms with Gasteiger partial charge in [-0.05, 0) is 89.2 Å². The second-order valence-corrected chi connectivity index (χ2v) is 11.1. The maximum absolute atomic E-state index is 11.9. The van der Waals surface area contributed by atoms with Crippen molar-refractivity contribution in [3.63, 3.8) is 0 Å². The molecule has 2 heterocycles. The number of carbonyl (C=O) groups excluding carboxylic acids is 1. The summed E-state index contributed by atoms with van der Waals surface area (Å²) in [7, 11) is 0. The number of hydrogen-bond donors (Lipinski definition) is 0. The minimum atomic E-state index is -0.0900. The van der Waals surface area contributed by atoms with Crippen LogP contribution in [0.4, 0.5) is 0 Å². The van der Waals surface area contributed by atoms with Crippen molar-refractivity contribution in [2.75, 3.05) is 19.8 Å². The molecule has 4 rings (SSSR count). The van der Waals surface area contributed by atoms with Gasteiger partial charge in [-0.1, -0.05) is 30.4 Å². The summed E-state index contributed by atoms with van der Waals surface area (Å²) in [4.78, 5) is 11.9. The summed E-state index contributed by atoms with van der Waals surface area (Å²) in [5, 5.41) is 0. The summed E-state index contributed by atoms with van der Waals surface area (Å²) < 4.78 is 30.1. The zero-order chi connectivity index (χ0) is 25.9. The lowest BCUT2D eigenvalue weighted by Gasteiger charge is -2.29. The van der Waals surface area contributed by atoms with E-state index in [1.807, 2.05) is 44.2 Å². The van der Waals surface area contributed by atoms with E-state index in [4.69, 9.17) is 23.7 Å². The zero-order valence-electron chi connectivity index (χ0n) is 22.7. The van der Waals surface area contributed by atoms with Crippen LogP contribution < -0.4 is 4.74 Å². The molecule has 0 spiro atoms. The van der Waals surface area contributed by atoms with E-state index in [2.05, 4.69) is 12.2 Å². The first-order valence-electron chi connectivity index (χ1n) is 14.5. The molecule has 1 aliphatic carbocycles. The van der Waals surface area contributed by atoms with Gasteiger partial charge in [0.1, 0.15) is 5.75 Å². The first-order valence-corrected chi connectivity index (χ1v) is 14.5. The molecule has 3 fully saturated rings. The fourth-order valence-corrected chi connectivity index (χ4v) is 5.95. The molecule has 0 aromatic heterocycles. The lowest BCUT2D eigenvalue weighted by molar-refractivity contribution is -0.193. The van der Waals surface area contributed by atoms with Gasteiger partial charge in [0.2, 0.25) is 0 Å². The van der Waals surface area contributed by atoms with E-state index in [0.717, 1.165) is 70.3 Å². The van der Waals surface area contributed by atoms with E-state index in [9.17, 15) is 4.79 Å². The summed E-state index contributed by atoms with van der Waals surface area (Å²) in [5.41, 5.74) is 0. The highest BCUT2D eigenvalue weighted by molar-refractivity contribution is 5.69. The van der Waals surface area contributed by atoms with Gasteiger partial charge in [-0.25, -0.2) is 0 Å². The van der Waals surface area contributed by atoms with Gasteiger partial charge in [0.15, 0.2) is 6.29 Å². The predicted octanol–water partition coefficient (Wildman–Crippen LogP) is 6.48. The molecule has 0 amide bonds. The lowest BCUT2D eigenvalue weighted by atomic mass is 9.86. The summed E-state index contributed by atoms with van der Waals surface area (Å²) in [6.45, 7) is 6.03. The van der Waals surface area contributed by atoms with Gasteiger partial charge in [-0.3, -0.25) is 4.79 Å². The fraction of sp³-hybridized carbons (Fsp3) is 0.710. The quantitative estimate of drug-likeness (QED) is 0.181. The maximum Gasteiger partial charge on any atom is 0.306 e. The Morgan fingerprint density at radius 2 is 1.97 bits per heavy atom. The van der Waals surface area contributed by atoms with Crippen LogP contribution in [0.25, 0.3) is 0 Å². The van der Waals surface area contributed by atoms with E-state index in [1.165, 1.54) is 6.42 Å². The van der Waals surface area contributed by atoms with Crippen LogP contribution >= 0.6 is 0 Å². The number of para-hydroxylation sites is 1. The average molecular weight is 515 g/mol. The highest BCUT2D eigenvalue weighted by Crippen LogP contribution is 2.44. The molecule has 3 aliphatic rings. The normalized spacial score (nSPS) is 30.2. The molecular formula is C31H46O6. The van der Waals surface area contributed by atoms with Gasteiger partial charge in [0.25, 0.3) is 0 Å². The van der Waals surface area contributed by atoms with Crippen molar-refractivity contribution in [1.29, 1.82) is 0 Å². The monoisotopic (exact) mass is 514 g/mol. The molecule has 2 saturated heterocycles. The van der Waals surface area contributed by atoms with Crippen molar-refractivity contribution in [2.24, 2.45) is 17.8 Å². The second-order valence-electron chi connectivity index (χ2n) is 11.1. The van der Waals surface area contributed by atoms with E-state index in [0.29, 0.717) is 30.8 Å². The minimum absolute atomic E-state index is 0.0443. The maximum atomic E-state index is 11.9. The first-order chi connectivity index (χ1) is 18.1. The fourth-order valence-electron chi connectivity index (χ4n) is 5.95. The molecule has 37 heavy (non-hydrogen) atoms. The number of fused-ring (bicyclic) bond motifs is 1. The highest BCUT2D eigenvalue weighted by atomic mass is 16.7. The van der Waals surface area contributed by atoms with Crippen LogP contribution in [0, 0.1) is 17.8 Å². The molecular weight excluding hydrogens is 468 g/mol. The number of hydrogen-bond acceptors (Lipinski definition) is 6. The van der Waals surface area contributed by atoms with Gasteiger partial charge in [-0.2, -0.15) is 0 Å². The molecule has 6 heteroatoms. The molecule has 6 nitrogen and oxygen atoms in total. The lowest BCUT2D eigenvalue weighted by Crippen LogP contribution is -2.30. The third-order valence-corrected chi connectivity index (χ3v) is 7.80. The average Bonchev–Trinajstić information content (AvgIpc) is 3.08. The Morgan fingerprint density at radius 1 is 1.11 bits per heavy atom. The van der Waals surface area contributed by atoms with Crippen molar-refractivity contribution in [3.05, 3.63) is 42.5 Å². The molecule has 1 saturated carbocycles. The smallest absolute Gasteiger partial charge is 0.306 e. The van der Waals surface area contributed by atoms with Gasteiger partial charge in [0, 0.05) is 32.0 Å². The number of esters is 1. The third-order valence-electron chi connectivity index (χ3n) is 7.80. The predicted molar refractivity (Wildman–Crippen MR) is 143 cm³/mol. The molecule has 1 unspecified atom stereocenters. The van der Waals surface area contributed by atoms with Crippen LogP contribution in [0.5, 0.6) is 5.75 Å². The van der Waals surface area contributed by atoms with Crippen molar-refractivity contribution >= 4 is 5.97 Å².